The van der Waals surface area contributed by atoms with Crippen LogP contribution in [0.3, 0.4) is 0 Å². The first-order valence-electron chi connectivity index (χ1n) is 5.18. The highest BCUT2D eigenvalue weighted by Crippen LogP contribution is 2.21. The van der Waals surface area contributed by atoms with Crippen molar-refractivity contribution in [2.24, 2.45) is 0 Å². The summed E-state index contributed by atoms with van der Waals surface area (Å²) < 4.78 is 0. The van der Waals surface area contributed by atoms with Gasteiger partial charge in [-0.15, -0.1) is 11.3 Å². The summed E-state index contributed by atoms with van der Waals surface area (Å²) in [6, 6.07) is 3.58. The Morgan fingerprint density at radius 3 is 3.19 bits per heavy atom. The first-order valence-corrected chi connectivity index (χ1v) is 6.06. The lowest BCUT2D eigenvalue weighted by atomic mass is 10.2. The molecule has 0 fully saturated rings. The van der Waals surface area contributed by atoms with Crippen molar-refractivity contribution in [3.63, 3.8) is 0 Å². The molecule has 5 heteroatoms. The molecule has 4 nitrogen and oxygen atoms in total. The third-order valence-corrected chi connectivity index (χ3v) is 2.92. The van der Waals surface area contributed by atoms with Gasteiger partial charge in [0.1, 0.15) is 0 Å². The molecule has 0 aliphatic rings. The molecule has 2 heterocycles. The van der Waals surface area contributed by atoms with Crippen molar-refractivity contribution >= 4 is 16.5 Å². The zero-order valence-corrected chi connectivity index (χ0v) is 9.80. The smallest absolute Gasteiger partial charge is 0.257 e. The molecule has 0 aromatic carbocycles. The van der Waals surface area contributed by atoms with Gasteiger partial charge in [0.15, 0.2) is 5.13 Å². The van der Waals surface area contributed by atoms with Crippen LogP contribution in [0.4, 0.5) is 5.13 Å². The molecule has 0 amide bonds. The van der Waals surface area contributed by atoms with E-state index in [0.717, 1.165) is 23.8 Å². The number of anilines is 1. The summed E-state index contributed by atoms with van der Waals surface area (Å²) in [6.07, 6.45) is 2.68. The molecule has 0 unspecified atom stereocenters. The van der Waals surface area contributed by atoms with Crippen molar-refractivity contribution in [1.29, 1.82) is 0 Å². The van der Waals surface area contributed by atoms with Gasteiger partial charge in [-0.1, -0.05) is 6.92 Å². The van der Waals surface area contributed by atoms with Crippen LogP contribution >= 0.6 is 11.3 Å². The monoisotopic (exact) mass is 235 g/mol. The fourth-order valence-electron chi connectivity index (χ4n) is 1.33. The molecule has 0 saturated carbocycles. The van der Waals surface area contributed by atoms with Crippen molar-refractivity contribution in [2.45, 2.75) is 13.3 Å². The summed E-state index contributed by atoms with van der Waals surface area (Å²) in [5.74, 6) is 0. The minimum absolute atomic E-state index is 0.102. The van der Waals surface area contributed by atoms with Crippen LogP contribution in [-0.4, -0.2) is 16.5 Å². The first-order chi connectivity index (χ1) is 7.81. The number of nitrogens with zero attached hydrogens (tertiary/aromatic N) is 1. The molecular formula is C11H13N3OS. The normalized spacial score (nSPS) is 10.3. The number of aromatic nitrogens is 2. The third kappa shape index (κ3) is 2.30. The summed E-state index contributed by atoms with van der Waals surface area (Å²) in [7, 11) is 0. The van der Waals surface area contributed by atoms with Gasteiger partial charge in [0.2, 0.25) is 0 Å². The van der Waals surface area contributed by atoms with Gasteiger partial charge >= 0.3 is 0 Å². The molecule has 16 heavy (non-hydrogen) atoms. The van der Waals surface area contributed by atoms with Crippen LogP contribution in [0, 0.1) is 0 Å². The highest BCUT2D eigenvalue weighted by Gasteiger charge is 2.06. The van der Waals surface area contributed by atoms with Gasteiger partial charge < -0.3 is 10.3 Å². The minimum Gasteiger partial charge on any atom is -0.362 e. The fourth-order valence-corrected chi connectivity index (χ4v) is 2.07. The maximum absolute atomic E-state index is 11.5. The maximum atomic E-state index is 11.5. The number of hydrogen-bond acceptors (Lipinski definition) is 4. The lowest BCUT2D eigenvalue weighted by Gasteiger charge is -1.97. The Bertz CT molecular complexity index is 518. The molecular weight excluding hydrogens is 222 g/mol. The minimum atomic E-state index is -0.102. The van der Waals surface area contributed by atoms with E-state index in [9.17, 15) is 4.79 Å². The predicted molar refractivity (Wildman–Crippen MR) is 67.0 cm³/mol. The Morgan fingerprint density at radius 2 is 2.44 bits per heavy atom. The van der Waals surface area contributed by atoms with Gasteiger partial charge in [0.25, 0.3) is 5.56 Å². The molecule has 0 bridgehead atoms. The van der Waals surface area contributed by atoms with E-state index in [0.29, 0.717) is 5.56 Å². The molecule has 0 aliphatic heterocycles. The molecule has 0 spiro atoms. The standard InChI is InChI=1S/C11H13N3OS/c1-2-5-13-11-14-9(7-16-11)8-4-3-6-12-10(8)15/h3-4,6-7H,2,5H2,1H3,(H,12,15)(H,13,14). The Morgan fingerprint density at radius 1 is 1.56 bits per heavy atom. The van der Waals surface area contributed by atoms with Crippen LogP contribution in [0.2, 0.25) is 0 Å². The predicted octanol–water partition coefficient (Wildman–Crippen LogP) is 2.32. The molecule has 0 aliphatic carbocycles. The summed E-state index contributed by atoms with van der Waals surface area (Å²) in [5, 5.41) is 5.95. The van der Waals surface area contributed by atoms with E-state index in [1.165, 1.54) is 11.3 Å². The second-order valence-corrected chi connectivity index (χ2v) is 4.24. The number of hydrogen-bond donors (Lipinski definition) is 2. The van der Waals surface area contributed by atoms with Crippen LogP contribution in [0.15, 0.2) is 28.5 Å². The van der Waals surface area contributed by atoms with Crippen molar-refractivity contribution in [2.75, 3.05) is 11.9 Å². The van der Waals surface area contributed by atoms with Crippen molar-refractivity contribution in [1.82, 2.24) is 9.97 Å². The van der Waals surface area contributed by atoms with E-state index in [1.807, 2.05) is 5.38 Å². The Hall–Kier alpha value is -1.62. The van der Waals surface area contributed by atoms with E-state index < -0.39 is 0 Å². The van der Waals surface area contributed by atoms with Crippen molar-refractivity contribution < 1.29 is 0 Å². The highest BCUT2D eigenvalue weighted by atomic mass is 32.1. The molecule has 2 N–H and O–H groups in total. The van der Waals surface area contributed by atoms with Gasteiger partial charge in [-0.2, -0.15) is 0 Å². The van der Waals surface area contributed by atoms with Crippen LogP contribution in [0.5, 0.6) is 0 Å². The molecule has 0 saturated heterocycles. The molecule has 2 rings (SSSR count). The largest absolute Gasteiger partial charge is 0.362 e. The van der Waals surface area contributed by atoms with Gasteiger partial charge in [-0.3, -0.25) is 4.79 Å². The van der Waals surface area contributed by atoms with Crippen LogP contribution in [-0.2, 0) is 0 Å². The number of nitrogens with one attached hydrogen (secondary N) is 2. The Kier molecular flexibility index (Phi) is 3.36. The zero-order valence-electron chi connectivity index (χ0n) is 8.99. The summed E-state index contributed by atoms with van der Waals surface area (Å²) >= 11 is 1.52. The average Bonchev–Trinajstić information content (AvgIpc) is 2.75. The summed E-state index contributed by atoms with van der Waals surface area (Å²) in [4.78, 5) is 18.5. The number of pyridine rings is 1. The number of thiazole rings is 1. The molecule has 0 radical (unpaired) electrons. The van der Waals surface area contributed by atoms with Crippen molar-refractivity contribution in [3.05, 3.63) is 34.1 Å². The highest BCUT2D eigenvalue weighted by molar-refractivity contribution is 7.14. The third-order valence-electron chi connectivity index (χ3n) is 2.12. The SMILES string of the molecule is CCCNc1nc(-c2ccc[nH]c2=O)cs1. The van der Waals surface area contributed by atoms with Crippen LogP contribution in [0.1, 0.15) is 13.3 Å². The Labute approximate surface area is 97.4 Å². The van der Waals surface area contributed by atoms with E-state index in [2.05, 4.69) is 22.2 Å². The Balaban J connectivity index is 2.25. The van der Waals surface area contributed by atoms with Gasteiger partial charge in [0, 0.05) is 18.1 Å². The molecule has 2 aromatic heterocycles. The lowest BCUT2D eigenvalue weighted by Crippen LogP contribution is -2.07. The number of rotatable bonds is 4. The van der Waals surface area contributed by atoms with Gasteiger partial charge in [-0.25, -0.2) is 4.98 Å². The molecule has 2 aromatic rings. The van der Waals surface area contributed by atoms with Crippen LogP contribution in [0.25, 0.3) is 11.3 Å². The van der Waals surface area contributed by atoms with Crippen LogP contribution < -0.4 is 10.9 Å². The number of H-pyrrole nitrogens is 1. The van der Waals surface area contributed by atoms with Gasteiger partial charge in [-0.05, 0) is 18.6 Å². The van der Waals surface area contributed by atoms with E-state index in [4.69, 9.17) is 0 Å². The topological polar surface area (TPSA) is 57.8 Å². The molecule has 84 valence electrons. The molecule has 0 atom stereocenters. The number of aromatic amines is 1. The maximum Gasteiger partial charge on any atom is 0.257 e. The van der Waals surface area contributed by atoms with Gasteiger partial charge in [0.05, 0.1) is 11.3 Å². The van der Waals surface area contributed by atoms with E-state index in [-0.39, 0.29) is 5.56 Å². The average molecular weight is 235 g/mol. The first kappa shape index (κ1) is 10.9. The fraction of sp³-hybridized carbons (Fsp3) is 0.273. The van der Waals surface area contributed by atoms with E-state index >= 15 is 0 Å². The quantitative estimate of drug-likeness (QED) is 0.855. The second kappa shape index (κ2) is 4.94. The lowest BCUT2D eigenvalue weighted by molar-refractivity contribution is 0.976. The zero-order chi connectivity index (χ0) is 11.4. The summed E-state index contributed by atoms with van der Waals surface area (Å²) in [5.41, 5.74) is 1.24. The summed E-state index contributed by atoms with van der Waals surface area (Å²) in [6.45, 7) is 3.00. The van der Waals surface area contributed by atoms with Crippen molar-refractivity contribution in [3.8, 4) is 11.3 Å². The van der Waals surface area contributed by atoms with E-state index in [1.54, 1.807) is 18.3 Å². The second-order valence-electron chi connectivity index (χ2n) is 3.38.